The van der Waals surface area contributed by atoms with E-state index in [0.717, 1.165) is 12.8 Å². The molecule has 2 amide bonds. The molecule has 22 heavy (non-hydrogen) atoms. The Hall–Kier alpha value is -2.05. The second kappa shape index (κ2) is 5.98. The molecule has 2 N–H and O–H groups in total. The summed E-state index contributed by atoms with van der Waals surface area (Å²) < 4.78 is 1.65. The molecular weight excluding hydrogens is 284 g/mol. The molecule has 0 atom stereocenters. The summed E-state index contributed by atoms with van der Waals surface area (Å²) in [6.07, 6.45) is 10.1. The summed E-state index contributed by atoms with van der Waals surface area (Å²) >= 11 is 0. The number of carbonyl (C=O) groups excluding carboxylic acids is 1. The Morgan fingerprint density at radius 1 is 1.23 bits per heavy atom. The lowest BCUT2D eigenvalue weighted by molar-refractivity contribution is -0.150. The molecule has 0 bridgehead atoms. The Morgan fingerprint density at radius 2 is 1.91 bits per heavy atom. The first-order valence-corrected chi connectivity index (χ1v) is 7.89. The van der Waals surface area contributed by atoms with E-state index in [4.69, 9.17) is 0 Å². The van der Waals surface area contributed by atoms with E-state index in [-0.39, 0.29) is 12.1 Å². The maximum Gasteiger partial charge on any atom is 0.330 e. The zero-order valence-corrected chi connectivity index (χ0v) is 12.6. The van der Waals surface area contributed by atoms with Crippen molar-refractivity contribution >= 4 is 12.0 Å². The van der Waals surface area contributed by atoms with Crippen molar-refractivity contribution in [2.75, 3.05) is 13.1 Å². The number of piperidine rings is 1. The number of carboxylic acid groups (broad SMARTS) is 1. The van der Waals surface area contributed by atoms with E-state index >= 15 is 0 Å². The molecule has 1 aromatic heterocycles. The van der Waals surface area contributed by atoms with E-state index < -0.39 is 11.5 Å². The molecule has 0 unspecified atom stereocenters. The molecule has 7 nitrogen and oxygen atoms in total. The fraction of sp³-hybridized carbons (Fsp3) is 0.667. The number of rotatable bonds is 3. The first-order chi connectivity index (χ1) is 10.6. The Labute approximate surface area is 129 Å². The normalized spacial score (nSPS) is 21.7. The van der Waals surface area contributed by atoms with Crippen LogP contribution < -0.4 is 5.32 Å². The van der Waals surface area contributed by atoms with Crippen molar-refractivity contribution in [2.45, 2.75) is 50.1 Å². The Bertz CT molecular complexity index is 529. The minimum absolute atomic E-state index is 0.0588. The number of aromatic nitrogens is 2. The number of amides is 2. The third kappa shape index (κ3) is 2.67. The van der Waals surface area contributed by atoms with Crippen LogP contribution in [0, 0.1) is 0 Å². The van der Waals surface area contributed by atoms with Gasteiger partial charge in [0.1, 0.15) is 5.54 Å². The topological polar surface area (TPSA) is 87.5 Å². The maximum absolute atomic E-state index is 12.3. The van der Waals surface area contributed by atoms with Crippen LogP contribution in [0.3, 0.4) is 0 Å². The quantitative estimate of drug-likeness (QED) is 0.884. The lowest BCUT2D eigenvalue weighted by Crippen LogP contribution is -2.54. The van der Waals surface area contributed by atoms with Crippen molar-refractivity contribution in [1.82, 2.24) is 19.8 Å². The van der Waals surface area contributed by atoms with Crippen LogP contribution in [0.5, 0.6) is 0 Å². The highest BCUT2D eigenvalue weighted by Gasteiger charge is 2.44. The SMILES string of the molecule is O=C(NC1CCCC1)N1CCC(C(=O)O)(n2ccnc2)CC1. The van der Waals surface area contributed by atoms with E-state index in [2.05, 4.69) is 10.3 Å². The van der Waals surface area contributed by atoms with Crippen LogP contribution in [-0.2, 0) is 10.3 Å². The summed E-state index contributed by atoms with van der Waals surface area (Å²) in [6, 6.07) is 0.226. The van der Waals surface area contributed by atoms with Crippen LogP contribution in [0.4, 0.5) is 4.79 Å². The summed E-state index contributed by atoms with van der Waals surface area (Å²) in [4.78, 5) is 29.7. The van der Waals surface area contributed by atoms with Gasteiger partial charge in [-0.3, -0.25) is 0 Å². The number of carboxylic acids is 1. The molecule has 1 aliphatic carbocycles. The first-order valence-electron chi connectivity index (χ1n) is 7.89. The average molecular weight is 306 g/mol. The van der Waals surface area contributed by atoms with E-state index in [0.29, 0.717) is 25.9 Å². The molecule has 3 rings (SSSR count). The number of urea groups is 1. The maximum atomic E-state index is 12.3. The van der Waals surface area contributed by atoms with Gasteiger partial charge in [-0.1, -0.05) is 12.8 Å². The van der Waals surface area contributed by atoms with E-state index in [1.165, 1.54) is 12.8 Å². The van der Waals surface area contributed by atoms with Crippen LogP contribution in [0.2, 0.25) is 0 Å². The zero-order valence-electron chi connectivity index (χ0n) is 12.6. The number of nitrogens with zero attached hydrogens (tertiary/aromatic N) is 3. The van der Waals surface area contributed by atoms with Crippen molar-refractivity contribution in [3.05, 3.63) is 18.7 Å². The number of nitrogens with one attached hydrogen (secondary N) is 1. The van der Waals surface area contributed by atoms with E-state index in [9.17, 15) is 14.7 Å². The number of hydrogen-bond donors (Lipinski definition) is 2. The lowest BCUT2D eigenvalue weighted by atomic mass is 9.87. The first kappa shape index (κ1) is 14.9. The highest BCUT2D eigenvalue weighted by Crippen LogP contribution is 2.30. The second-order valence-electron chi connectivity index (χ2n) is 6.22. The van der Waals surface area contributed by atoms with Crippen molar-refractivity contribution in [1.29, 1.82) is 0 Å². The van der Waals surface area contributed by atoms with Gasteiger partial charge in [-0.15, -0.1) is 0 Å². The molecule has 0 spiro atoms. The molecular formula is C15H22N4O3. The minimum atomic E-state index is -0.985. The molecule has 1 saturated heterocycles. The van der Waals surface area contributed by atoms with Crippen LogP contribution >= 0.6 is 0 Å². The largest absolute Gasteiger partial charge is 0.479 e. The number of aliphatic carboxylic acids is 1. The summed E-state index contributed by atoms with van der Waals surface area (Å²) in [5.74, 6) is -0.860. The van der Waals surface area contributed by atoms with Gasteiger partial charge in [0.25, 0.3) is 0 Å². The van der Waals surface area contributed by atoms with Gasteiger partial charge in [-0.25, -0.2) is 14.6 Å². The molecule has 1 saturated carbocycles. The molecule has 1 aliphatic heterocycles. The van der Waals surface area contributed by atoms with Crippen LogP contribution in [0.15, 0.2) is 18.7 Å². The third-order valence-electron chi connectivity index (χ3n) is 4.96. The summed E-state index contributed by atoms with van der Waals surface area (Å²) in [5.41, 5.74) is -0.985. The van der Waals surface area contributed by atoms with Crippen LogP contribution in [0.1, 0.15) is 38.5 Å². The fourth-order valence-electron chi connectivity index (χ4n) is 3.51. The zero-order chi connectivity index (χ0) is 15.6. The van der Waals surface area contributed by atoms with Crippen LogP contribution in [0.25, 0.3) is 0 Å². The number of imidazole rings is 1. The summed E-state index contributed by atoms with van der Waals surface area (Å²) in [7, 11) is 0. The molecule has 0 radical (unpaired) electrons. The highest BCUT2D eigenvalue weighted by atomic mass is 16.4. The van der Waals surface area contributed by atoms with Crippen molar-refractivity contribution < 1.29 is 14.7 Å². The third-order valence-corrected chi connectivity index (χ3v) is 4.96. The molecule has 2 aliphatic rings. The van der Waals surface area contributed by atoms with Gasteiger partial charge in [0.05, 0.1) is 6.33 Å². The van der Waals surface area contributed by atoms with Crippen molar-refractivity contribution in [3.63, 3.8) is 0 Å². The summed E-state index contributed by atoms with van der Waals surface area (Å²) in [5, 5.41) is 12.7. The minimum Gasteiger partial charge on any atom is -0.479 e. The van der Waals surface area contributed by atoms with Gasteiger partial charge in [-0.05, 0) is 25.7 Å². The molecule has 2 heterocycles. The van der Waals surface area contributed by atoms with E-state index in [1.54, 1.807) is 28.2 Å². The molecule has 2 fully saturated rings. The Morgan fingerprint density at radius 3 is 2.45 bits per heavy atom. The predicted molar refractivity (Wildman–Crippen MR) is 79.4 cm³/mol. The van der Waals surface area contributed by atoms with Crippen molar-refractivity contribution in [2.24, 2.45) is 0 Å². The number of carbonyl (C=O) groups is 2. The van der Waals surface area contributed by atoms with Gasteiger partial charge >= 0.3 is 12.0 Å². The smallest absolute Gasteiger partial charge is 0.330 e. The van der Waals surface area contributed by atoms with Gasteiger partial charge < -0.3 is 19.9 Å². The highest BCUT2D eigenvalue weighted by molar-refractivity contribution is 5.78. The fourth-order valence-corrected chi connectivity index (χ4v) is 3.51. The molecule has 7 heteroatoms. The standard InChI is InChI=1S/C15H22N4O3/c20-13(21)15(19-10-7-16-11-19)5-8-18(9-6-15)14(22)17-12-3-1-2-4-12/h7,10-12H,1-6,8-9H2,(H,17,22)(H,20,21). The molecule has 1 aromatic rings. The second-order valence-corrected chi connectivity index (χ2v) is 6.22. The average Bonchev–Trinajstić information content (AvgIpc) is 3.20. The lowest BCUT2D eigenvalue weighted by Gasteiger charge is -2.39. The van der Waals surface area contributed by atoms with Crippen molar-refractivity contribution in [3.8, 4) is 0 Å². The van der Waals surface area contributed by atoms with Gasteiger partial charge in [0.15, 0.2) is 0 Å². The van der Waals surface area contributed by atoms with Gasteiger partial charge in [-0.2, -0.15) is 0 Å². The van der Waals surface area contributed by atoms with Gasteiger partial charge in [0.2, 0.25) is 0 Å². The Balaban J connectivity index is 1.63. The van der Waals surface area contributed by atoms with Crippen LogP contribution in [-0.4, -0.2) is 50.7 Å². The Kier molecular flexibility index (Phi) is 4.04. The number of likely N-dealkylation sites (tertiary alicyclic amines) is 1. The number of hydrogen-bond acceptors (Lipinski definition) is 3. The van der Waals surface area contributed by atoms with E-state index in [1.807, 2.05) is 0 Å². The molecule has 120 valence electrons. The summed E-state index contributed by atoms with van der Waals surface area (Å²) in [6.45, 7) is 0.895. The monoisotopic (exact) mass is 306 g/mol. The predicted octanol–water partition coefficient (Wildman–Crippen LogP) is 1.41. The molecule has 0 aromatic carbocycles. The van der Waals surface area contributed by atoms with Gasteiger partial charge in [0, 0.05) is 31.5 Å².